The maximum absolute atomic E-state index is 12.8. The van der Waals surface area contributed by atoms with Crippen LogP contribution in [0.5, 0.6) is 0 Å². The first kappa shape index (κ1) is 24.8. The Balaban J connectivity index is 1.91. The Morgan fingerprint density at radius 1 is 1.21 bits per heavy atom. The van der Waals surface area contributed by atoms with E-state index in [2.05, 4.69) is 27.4 Å². The molecule has 0 spiro atoms. The second-order valence-corrected chi connectivity index (χ2v) is 8.45. The van der Waals surface area contributed by atoms with Gasteiger partial charge in [-0.3, -0.25) is 4.79 Å². The molecule has 3 N–H and O–H groups in total. The van der Waals surface area contributed by atoms with E-state index >= 15 is 0 Å². The van der Waals surface area contributed by atoms with Gasteiger partial charge in [0, 0.05) is 25.8 Å². The molecule has 2 aromatic rings. The van der Waals surface area contributed by atoms with Crippen LogP contribution in [0.15, 0.2) is 36.5 Å². The minimum atomic E-state index is -0.842. The highest BCUT2D eigenvalue weighted by molar-refractivity contribution is 6.29. The minimum absolute atomic E-state index is 0.0371. The number of anilines is 3. The summed E-state index contributed by atoms with van der Waals surface area (Å²) >= 11 is 5.82. The molecule has 1 aromatic heterocycles. The molecule has 3 rings (SSSR count). The number of aliphatic carboxylic acids is 1. The largest absolute Gasteiger partial charge is 0.481 e. The Morgan fingerprint density at radius 3 is 2.58 bits per heavy atom. The summed E-state index contributed by atoms with van der Waals surface area (Å²) in [7, 11) is 0. The van der Waals surface area contributed by atoms with Gasteiger partial charge in [0.15, 0.2) is 0 Å². The molecule has 0 aliphatic carbocycles. The lowest BCUT2D eigenvalue weighted by atomic mass is 9.92. The first-order chi connectivity index (χ1) is 15.9. The normalized spacial score (nSPS) is 15.0. The average molecular weight is 475 g/mol. The zero-order valence-corrected chi connectivity index (χ0v) is 19.8. The van der Waals surface area contributed by atoms with Crippen LogP contribution in [0.25, 0.3) is 0 Å². The van der Waals surface area contributed by atoms with E-state index in [4.69, 9.17) is 16.3 Å². The van der Waals surface area contributed by atoms with Gasteiger partial charge in [0.1, 0.15) is 5.15 Å². The van der Waals surface area contributed by atoms with Gasteiger partial charge in [0.05, 0.1) is 29.7 Å². The summed E-state index contributed by atoms with van der Waals surface area (Å²) in [4.78, 5) is 30.4. The highest BCUT2D eigenvalue weighted by Crippen LogP contribution is 2.35. The van der Waals surface area contributed by atoms with Crippen molar-refractivity contribution in [2.24, 2.45) is 0 Å². The summed E-state index contributed by atoms with van der Waals surface area (Å²) in [6.45, 7) is 6.25. The summed E-state index contributed by atoms with van der Waals surface area (Å²) < 4.78 is 5.52. The molecule has 9 heteroatoms. The average Bonchev–Trinajstić information content (AvgIpc) is 2.81. The third kappa shape index (κ3) is 6.82. The Bertz CT molecular complexity index is 948. The number of benzene rings is 1. The molecule has 1 aliphatic heterocycles. The Kier molecular flexibility index (Phi) is 8.91. The van der Waals surface area contributed by atoms with Crippen molar-refractivity contribution < 1.29 is 19.4 Å². The summed E-state index contributed by atoms with van der Waals surface area (Å²) in [5.74, 6) is -0.982. The van der Waals surface area contributed by atoms with Gasteiger partial charge in [-0.1, -0.05) is 24.6 Å². The smallest absolute Gasteiger partial charge is 0.323 e. The van der Waals surface area contributed by atoms with Crippen molar-refractivity contribution in [1.29, 1.82) is 0 Å². The summed E-state index contributed by atoms with van der Waals surface area (Å²) in [6, 6.07) is 9.02. The summed E-state index contributed by atoms with van der Waals surface area (Å²) in [5, 5.41) is 15.4. The van der Waals surface area contributed by atoms with E-state index < -0.39 is 12.0 Å². The van der Waals surface area contributed by atoms with E-state index in [1.807, 2.05) is 25.1 Å². The number of carbonyl (C=O) groups excluding carboxylic acids is 1. The SMILES string of the molecule is CCC(CC(=O)O)c1ccc(N(CC)C2CCOCC2)c(NC(=O)Nc2ccc(Cl)nc2)c1. The second-order valence-electron chi connectivity index (χ2n) is 8.06. The molecule has 1 atom stereocenters. The van der Waals surface area contributed by atoms with Gasteiger partial charge in [-0.15, -0.1) is 0 Å². The number of nitrogens with zero attached hydrogens (tertiary/aromatic N) is 2. The number of carbonyl (C=O) groups is 2. The first-order valence-corrected chi connectivity index (χ1v) is 11.7. The van der Waals surface area contributed by atoms with Crippen molar-refractivity contribution >= 4 is 40.7 Å². The van der Waals surface area contributed by atoms with Gasteiger partial charge in [0.2, 0.25) is 0 Å². The van der Waals surface area contributed by atoms with Gasteiger partial charge in [-0.2, -0.15) is 0 Å². The molecule has 1 fully saturated rings. The van der Waals surface area contributed by atoms with Crippen molar-refractivity contribution in [2.45, 2.75) is 51.5 Å². The fourth-order valence-corrected chi connectivity index (χ4v) is 4.34. The lowest BCUT2D eigenvalue weighted by molar-refractivity contribution is -0.137. The number of pyridine rings is 1. The fourth-order valence-electron chi connectivity index (χ4n) is 4.22. The van der Waals surface area contributed by atoms with E-state index in [1.165, 1.54) is 6.20 Å². The van der Waals surface area contributed by atoms with E-state index in [9.17, 15) is 14.7 Å². The van der Waals surface area contributed by atoms with Crippen LogP contribution in [0.3, 0.4) is 0 Å². The third-order valence-corrected chi connectivity index (χ3v) is 6.14. The van der Waals surface area contributed by atoms with Gasteiger partial charge in [-0.05, 0) is 61.9 Å². The predicted molar refractivity (Wildman–Crippen MR) is 130 cm³/mol. The number of aromatic nitrogens is 1. The maximum atomic E-state index is 12.8. The number of urea groups is 1. The molecule has 1 aromatic carbocycles. The number of rotatable bonds is 9. The quantitative estimate of drug-likeness (QED) is 0.423. The van der Waals surface area contributed by atoms with Crippen molar-refractivity contribution in [1.82, 2.24) is 4.98 Å². The second kappa shape index (κ2) is 11.9. The lowest BCUT2D eigenvalue weighted by Gasteiger charge is -2.36. The van der Waals surface area contributed by atoms with Crippen molar-refractivity contribution in [3.8, 4) is 0 Å². The molecule has 8 nitrogen and oxygen atoms in total. The zero-order chi connectivity index (χ0) is 23.8. The van der Waals surface area contributed by atoms with Crippen LogP contribution in [0.2, 0.25) is 5.15 Å². The van der Waals surface area contributed by atoms with Crippen LogP contribution < -0.4 is 15.5 Å². The predicted octanol–water partition coefficient (Wildman–Crippen LogP) is 5.35. The van der Waals surface area contributed by atoms with Crippen LogP contribution in [0.1, 0.15) is 51.0 Å². The van der Waals surface area contributed by atoms with Crippen molar-refractivity contribution in [3.63, 3.8) is 0 Å². The number of amides is 2. The molecule has 0 saturated carbocycles. The topological polar surface area (TPSA) is 104 Å². The van der Waals surface area contributed by atoms with Crippen LogP contribution >= 0.6 is 11.6 Å². The van der Waals surface area contributed by atoms with Crippen molar-refractivity contribution in [3.05, 3.63) is 47.2 Å². The van der Waals surface area contributed by atoms with Crippen LogP contribution in [0, 0.1) is 0 Å². The molecule has 2 amide bonds. The molecule has 2 heterocycles. The summed E-state index contributed by atoms with van der Waals surface area (Å²) in [5.41, 5.74) is 2.95. The van der Waals surface area contributed by atoms with E-state index in [0.29, 0.717) is 42.2 Å². The number of ether oxygens (including phenoxy) is 1. The number of hydrogen-bond donors (Lipinski definition) is 3. The maximum Gasteiger partial charge on any atom is 0.323 e. The van der Waals surface area contributed by atoms with Crippen LogP contribution in [-0.4, -0.2) is 47.9 Å². The van der Waals surface area contributed by atoms with E-state index in [1.54, 1.807) is 12.1 Å². The fraction of sp³-hybridized carbons (Fsp3) is 0.458. The Morgan fingerprint density at radius 2 is 1.97 bits per heavy atom. The van der Waals surface area contributed by atoms with Crippen LogP contribution in [-0.2, 0) is 9.53 Å². The van der Waals surface area contributed by atoms with Crippen molar-refractivity contribution in [2.75, 3.05) is 35.3 Å². The minimum Gasteiger partial charge on any atom is -0.481 e. The zero-order valence-electron chi connectivity index (χ0n) is 19.0. The summed E-state index contributed by atoms with van der Waals surface area (Å²) in [6.07, 6.45) is 4.03. The highest BCUT2D eigenvalue weighted by atomic mass is 35.5. The molecular weight excluding hydrogens is 444 g/mol. The number of carboxylic acid groups (broad SMARTS) is 1. The molecule has 1 saturated heterocycles. The Labute approximate surface area is 199 Å². The molecule has 178 valence electrons. The molecule has 0 bridgehead atoms. The highest BCUT2D eigenvalue weighted by Gasteiger charge is 2.24. The molecule has 0 radical (unpaired) electrons. The monoisotopic (exact) mass is 474 g/mol. The van der Waals surface area contributed by atoms with E-state index in [0.717, 1.165) is 30.6 Å². The Hall–Kier alpha value is -2.84. The third-order valence-electron chi connectivity index (χ3n) is 5.92. The number of hydrogen-bond acceptors (Lipinski definition) is 5. The number of halogens is 1. The van der Waals surface area contributed by atoms with Gasteiger partial charge < -0.3 is 25.4 Å². The molecule has 1 aliphatic rings. The molecule has 33 heavy (non-hydrogen) atoms. The molecular formula is C24H31ClN4O4. The van der Waals surface area contributed by atoms with Gasteiger partial charge in [0.25, 0.3) is 0 Å². The first-order valence-electron chi connectivity index (χ1n) is 11.3. The standard InChI is InChI=1S/C24H31ClN4O4/c1-3-16(14-23(30)31)17-5-7-21(29(4-2)19-9-11-33-12-10-19)20(13-17)28-24(32)27-18-6-8-22(25)26-15-18/h5-8,13,15-16,19H,3-4,9-12,14H2,1-2H3,(H,30,31)(H2,27,28,32). The number of carboxylic acids is 1. The van der Waals surface area contributed by atoms with Gasteiger partial charge >= 0.3 is 12.0 Å². The van der Waals surface area contributed by atoms with E-state index in [-0.39, 0.29) is 12.3 Å². The lowest BCUT2D eigenvalue weighted by Crippen LogP contribution is -2.40. The van der Waals surface area contributed by atoms with Crippen LogP contribution in [0.4, 0.5) is 21.9 Å². The number of nitrogens with one attached hydrogen (secondary N) is 2. The van der Waals surface area contributed by atoms with Gasteiger partial charge in [-0.25, -0.2) is 9.78 Å². The molecule has 1 unspecified atom stereocenters.